The topological polar surface area (TPSA) is 55.1 Å². The molecule has 2 aliphatic rings. The molecule has 0 N–H and O–H groups in total. The van der Waals surface area contributed by atoms with E-state index in [1.165, 1.54) is 39.1 Å². The molecule has 320 valence electrons. The lowest BCUT2D eigenvalue weighted by molar-refractivity contribution is 0.584. The highest BCUT2D eigenvalue weighted by molar-refractivity contribution is 5.98. The Morgan fingerprint density at radius 2 is 0.853 bits per heavy atom. The monoisotopic (exact) mass is 870 g/mol. The minimum absolute atomic E-state index is 0.0300. The standard InChI is InChI=1S/C63H42N4O/c1-4-16-41(17-5-1)44-32-34-45(35-33-44)48-24-14-27-51(40-48)67-55-31-11-10-28-52(55)58-56(67)36-37-57-59(58)53-29-15-30-54(60(53)68-57)63-65-61(49-25-12-22-46(38-49)42-18-6-2-7-19-42)64-62(66-63)50-26-13-23-47(39-50)43-20-8-3-9-21-43/h1-40,56,58H. The van der Waals surface area contributed by atoms with E-state index in [-0.39, 0.29) is 12.0 Å². The first-order chi connectivity index (χ1) is 33.7. The SMILES string of the molecule is C1=CC2C(c3ccccc3N2c2cccc(-c3ccc(-c4ccccc4)cc3)c2)c2c1oc1c(-c3nc(-c4cccc(-c5ccccc5)c4)nc(-c4cccc(-c5ccccc5)c4)n3)cccc21. The molecule has 2 aromatic heterocycles. The van der Waals surface area contributed by atoms with Gasteiger partial charge >= 0.3 is 0 Å². The Morgan fingerprint density at radius 1 is 0.382 bits per heavy atom. The lowest BCUT2D eigenvalue weighted by atomic mass is 9.82. The molecule has 0 amide bonds. The van der Waals surface area contributed by atoms with Gasteiger partial charge in [0.2, 0.25) is 0 Å². The Kier molecular flexibility index (Phi) is 9.57. The van der Waals surface area contributed by atoms with Crippen LogP contribution in [0.15, 0.2) is 241 Å². The van der Waals surface area contributed by atoms with Crippen molar-refractivity contribution < 1.29 is 4.42 Å². The number of hydrogen-bond acceptors (Lipinski definition) is 5. The van der Waals surface area contributed by atoms with E-state index in [1.54, 1.807) is 0 Å². The van der Waals surface area contributed by atoms with E-state index in [0.29, 0.717) is 17.5 Å². The molecule has 0 saturated carbocycles. The number of anilines is 2. The Balaban J connectivity index is 0.913. The van der Waals surface area contributed by atoms with Gasteiger partial charge in [-0.25, -0.2) is 15.0 Å². The van der Waals surface area contributed by atoms with E-state index < -0.39 is 0 Å². The molecule has 3 heterocycles. The second-order valence-corrected chi connectivity index (χ2v) is 17.5. The third-order valence-electron chi connectivity index (χ3n) is 13.5. The molecule has 1 aliphatic carbocycles. The normalized spacial score (nSPS) is 14.7. The van der Waals surface area contributed by atoms with E-state index in [1.807, 2.05) is 12.1 Å². The largest absolute Gasteiger partial charge is 0.456 e. The Hall–Kier alpha value is -8.93. The molecule has 0 radical (unpaired) electrons. The summed E-state index contributed by atoms with van der Waals surface area (Å²) in [6, 6.07) is 81.3. The van der Waals surface area contributed by atoms with Crippen LogP contribution in [0.4, 0.5) is 11.4 Å². The lowest BCUT2D eigenvalue weighted by Gasteiger charge is -2.30. The van der Waals surface area contributed by atoms with Gasteiger partial charge in [-0.15, -0.1) is 0 Å². The van der Waals surface area contributed by atoms with E-state index in [0.717, 1.165) is 61.4 Å². The Bertz CT molecular complexity index is 3590. The minimum Gasteiger partial charge on any atom is -0.456 e. The minimum atomic E-state index is 0.0300. The van der Waals surface area contributed by atoms with Crippen LogP contribution in [0.2, 0.25) is 0 Å². The van der Waals surface area contributed by atoms with Gasteiger partial charge in [-0.1, -0.05) is 200 Å². The Labute approximate surface area is 395 Å². The summed E-state index contributed by atoms with van der Waals surface area (Å²) in [6.45, 7) is 0. The van der Waals surface area contributed by atoms with Crippen LogP contribution in [0, 0.1) is 0 Å². The average molecular weight is 871 g/mol. The number of rotatable bonds is 8. The Morgan fingerprint density at radius 3 is 1.49 bits per heavy atom. The molecule has 68 heavy (non-hydrogen) atoms. The smallest absolute Gasteiger partial charge is 0.167 e. The van der Waals surface area contributed by atoms with Gasteiger partial charge in [-0.3, -0.25) is 0 Å². The van der Waals surface area contributed by atoms with Crippen LogP contribution < -0.4 is 4.90 Å². The maximum atomic E-state index is 7.00. The van der Waals surface area contributed by atoms with Gasteiger partial charge in [-0.05, 0) is 92.5 Å². The predicted molar refractivity (Wildman–Crippen MR) is 277 cm³/mol. The third kappa shape index (κ3) is 6.92. The fraction of sp³-hybridized carbons (Fsp3) is 0.0317. The van der Waals surface area contributed by atoms with Gasteiger partial charge in [0.05, 0.1) is 11.6 Å². The first kappa shape index (κ1) is 39.4. The van der Waals surface area contributed by atoms with E-state index in [4.69, 9.17) is 19.4 Å². The van der Waals surface area contributed by atoms with Crippen LogP contribution in [-0.4, -0.2) is 21.0 Å². The molecular weight excluding hydrogens is 829 g/mol. The van der Waals surface area contributed by atoms with Crippen LogP contribution in [0.25, 0.3) is 95.7 Å². The third-order valence-corrected chi connectivity index (χ3v) is 13.5. The molecule has 11 aromatic rings. The summed E-state index contributed by atoms with van der Waals surface area (Å²) in [5.74, 6) is 2.63. The van der Waals surface area contributed by atoms with Crippen molar-refractivity contribution in [1.82, 2.24) is 15.0 Å². The maximum Gasteiger partial charge on any atom is 0.167 e. The number of furan rings is 1. The number of fused-ring (bicyclic) bond motifs is 7. The predicted octanol–water partition coefficient (Wildman–Crippen LogP) is 16.0. The summed E-state index contributed by atoms with van der Waals surface area (Å²) in [5.41, 5.74) is 17.4. The quantitative estimate of drug-likeness (QED) is 0.152. The molecule has 5 nitrogen and oxygen atoms in total. The molecule has 2 unspecified atom stereocenters. The highest BCUT2D eigenvalue weighted by Crippen LogP contribution is 2.54. The van der Waals surface area contributed by atoms with Crippen LogP contribution in [0.1, 0.15) is 22.8 Å². The van der Waals surface area contributed by atoms with Crippen molar-refractivity contribution in [2.24, 2.45) is 0 Å². The average Bonchev–Trinajstić information content (AvgIpc) is 3.98. The van der Waals surface area contributed by atoms with Crippen LogP contribution in [0.5, 0.6) is 0 Å². The molecule has 0 spiro atoms. The van der Waals surface area contributed by atoms with Crippen LogP contribution in [0.3, 0.4) is 0 Å². The van der Waals surface area contributed by atoms with E-state index in [2.05, 4.69) is 235 Å². The fourth-order valence-corrected chi connectivity index (χ4v) is 10.3. The lowest BCUT2D eigenvalue weighted by Crippen LogP contribution is -2.30. The summed E-state index contributed by atoms with van der Waals surface area (Å²) >= 11 is 0. The van der Waals surface area contributed by atoms with Gasteiger partial charge in [0.1, 0.15) is 11.3 Å². The summed E-state index contributed by atoms with van der Waals surface area (Å²) < 4.78 is 7.00. The highest BCUT2D eigenvalue weighted by Gasteiger charge is 2.43. The zero-order valence-electron chi connectivity index (χ0n) is 36.9. The van der Waals surface area contributed by atoms with Gasteiger partial charge in [0.15, 0.2) is 17.5 Å². The van der Waals surface area contributed by atoms with Crippen molar-refractivity contribution >= 4 is 28.4 Å². The van der Waals surface area contributed by atoms with Gasteiger partial charge in [-0.2, -0.15) is 0 Å². The van der Waals surface area contributed by atoms with Gasteiger partial charge in [0.25, 0.3) is 0 Å². The summed E-state index contributed by atoms with van der Waals surface area (Å²) in [7, 11) is 0. The summed E-state index contributed by atoms with van der Waals surface area (Å²) in [4.78, 5) is 18.2. The molecule has 0 fully saturated rings. The van der Waals surface area contributed by atoms with Crippen molar-refractivity contribution in [3.8, 4) is 78.7 Å². The van der Waals surface area contributed by atoms with Crippen LogP contribution >= 0.6 is 0 Å². The molecule has 0 bridgehead atoms. The van der Waals surface area contributed by atoms with E-state index >= 15 is 0 Å². The zero-order chi connectivity index (χ0) is 45.0. The van der Waals surface area contributed by atoms with Crippen molar-refractivity contribution in [1.29, 1.82) is 0 Å². The maximum absolute atomic E-state index is 7.00. The van der Waals surface area contributed by atoms with Crippen molar-refractivity contribution in [2.45, 2.75) is 12.0 Å². The van der Waals surface area contributed by atoms with Crippen molar-refractivity contribution in [3.63, 3.8) is 0 Å². The van der Waals surface area contributed by atoms with Crippen molar-refractivity contribution in [3.05, 3.63) is 253 Å². The van der Waals surface area contributed by atoms with Crippen LogP contribution in [-0.2, 0) is 0 Å². The molecule has 5 heteroatoms. The number of aromatic nitrogens is 3. The molecule has 2 atom stereocenters. The second kappa shape index (κ2) is 16.5. The van der Waals surface area contributed by atoms with Gasteiger partial charge in [0, 0.05) is 39.4 Å². The molecular formula is C63H42N4O. The summed E-state index contributed by atoms with van der Waals surface area (Å²) in [6.07, 6.45) is 4.48. The summed E-state index contributed by atoms with van der Waals surface area (Å²) in [5, 5.41) is 1.06. The fourth-order valence-electron chi connectivity index (χ4n) is 10.3. The molecule has 9 aromatic carbocycles. The number of nitrogens with zero attached hydrogens (tertiary/aromatic N) is 4. The molecule has 13 rings (SSSR count). The number of para-hydroxylation sites is 2. The second-order valence-electron chi connectivity index (χ2n) is 17.5. The number of hydrogen-bond donors (Lipinski definition) is 0. The first-order valence-corrected chi connectivity index (χ1v) is 23.2. The zero-order valence-corrected chi connectivity index (χ0v) is 36.9. The first-order valence-electron chi connectivity index (χ1n) is 23.2. The molecule has 1 aliphatic heterocycles. The molecule has 0 saturated heterocycles. The van der Waals surface area contributed by atoms with Crippen molar-refractivity contribution in [2.75, 3.05) is 4.90 Å². The van der Waals surface area contributed by atoms with Gasteiger partial charge < -0.3 is 9.32 Å². The van der Waals surface area contributed by atoms with E-state index in [9.17, 15) is 0 Å². The number of benzene rings is 9. The highest BCUT2D eigenvalue weighted by atomic mass is 16.3.